The van der Waals surface area contributed by atoms with Crippen LogP contribution >= 0.6 is 0 Å². The fourth-order valence-electron chi connectivity index (χ4n) is 5.03. The van der Waals surface area contributed by atoms with Crippen molar-refractivity contribution in [3.63, 3.8) is 0 Å². The van der Waals surface area contributed by atoms with E-state index in [1.165, 1.54) is 30.3 Å². The van der Waals surface area contributed by atoms with Crippen LogP contribution in [0.3, 0.4) is 0 Å². The SMILES string of the molecule is Nc1cccn(CC(=O)NC2C3CC4CC(C3)C2C4)c1=O. The molecule has 5 heteroatoms. The fraction of sp³-hybridized carbons (Fsp3) is 0.625. The standard InChI is InChI=1S/C16H21N3O2/c17-13-2-1-3-19(16(13)21)8-14(20)18-15-11-5-9-4-10(7-11)12(15)6-9/h1-3,9-12,15H,4-8,17H2,(H,18,20). The first-order valence-electron chi connectivity index (χ1n) is 7.86. The highest BCUT2D eigenvalue weighted by molar-refractivity contribution is 5.76. The van der Waals surface area contributed by atoms with Crippen molar-refractivity contribution < 1.29 is 4.79 Å². The maximum absolute atomic E-state index is 12.3. The van der Waals surface area contributed by atoms with E-state index in [1.807, 2.05) is 0 Å². The number of anilines is 1. The van der Waals surface area contributed by atoms with Crippen LogP contribution in [0.5, 0.6) is 0 Å². The molecule has 4 fully saturated rings. The number of pyridine rings is 1. The first-order valence-corrected chi connectivity index (χ1v) is 7.86. The molecule has 21 heavy (non-hydrogen) atoms. The zero-order valence-electron chi connectivity index (χ0n) is 12.0. The van der Waals surface area contributed by atoms with Crippen molar-refractivity contribution in [2.24, 2.45) is 23.7 Å². The second-order valence-electron chi connectivity index (χ2n) is 6.98. The van der Waals surface area contributed by atoms with Gasteiger partial charge < -0.3 is 15.6 Å². The average molecular weight is 287 g/mol. The molecule has 5 nitrogen and oxygen atoms in total. The number of carbonyl (C=O) groups excluding carboxylic acids is 1. The smallest absolute Gasteiger partial charge is 0.274 e. The largest absolute Gasteiger partial charge is 0.394 e. The van der Waals surface area contributed by atoms with Crippen molar-refractivity contribution in [1.29, 1.82) is 0 Å². The zero-order valence-corrected chi connectivity index (χ0v) is 12.0. The van der Waals surface area contributed by atoms with Crippen molar-refractivity contribution in [3.05, 3.63) is 28.7 Å². The van der Waals surface area contributed by atoms with Gasteiger partial charge in [-0.15, -0.1) is 0 Å². The number of aromatic nitrogens is 1. The Balaban J connectivity index is 1.45. The Morgan fingerprint density at radius 1 is 1.29 bits per heavy atom. The molecule has 4 aliphatic carbocycles. The lowest BCUT2D eigenvalue weighted by molar-refractivity contribution is -0.123. The van der Waals surface area contributed by atoms with Crippen molar-refractivity contribution >= 4 is 11.6 Å². The zero-order chi connectivity index (χ0) is 14.6. The molecule has 4 saturated carbocycles. The van der Waals surface area contributed by atoms with Crippen LogP contribution in [0.4, 0.5) is 5.69 Å². The second kappa shape index (κ2) is 4.61. The van der Waals surface area contributed by atoms with Crippen molar-refractivity contribution in [2.75, 3.05) is 5.73 Å². The minimum atomic E-state index is -0.290. The monoisotopic (exact) mass is 287 g/mol. The molecule has 5 rings (SSSR count). The minimum Gasteiger partial charge on any atom is -0.394 e. The Morgan fingerprint density at radius 2 is 2.10 bits per heavy atom. The molecule has 1 heterocycles. The first-order chi connectivity index (χ1) is 10.1. The number of nitrogen functional groups attached to an aromatic ring is 1. The summed E-state index contributed by atoms with van der Waals surface area (Å²) in [6.07, 6.45) is 6.82. The van der Waals surface area contributed by atoms with Gasteiger partial charge in [-0.1, -0.05) is 0 Å². The highest BCUT2D eigenvalue weighted by Gasteiger charge is 2.54. The van der Waals surface area contributed by atoms with Gasteiger partial charge >= 0.3 is 0 Å². The van der Waals surface area contributed by atoms with Gasteiger partial charge in [-0.2, -0.15) is 0 Å². The summed E-state index contributed by atoms with van der Waals surface area (Å²) in [6.45, 7) is 0.0634. The van der Waals surface area contributed by atoms with Crippen LogP contribution in [0, 0.1) is 23.7 Å². The number of nitrogens with one attached hydrogen (secondary N) is 1. The highest BCUT2D eigenvalue weighted by Crippen LogP contribution is 2.57. The Kier molecular flexibility index (Phi) is 2.84. The van der Waals surface area contributed by atoms with Crippen LogP contribution in [-0.2, 0) is 11.3 Å². The van der Waals surface area contributed by atoms with E-state index in [-0.39, 0.29) is 23.7 Å². The molecule has 0 spiro atoms. The van der Waals surface area contributed by atoms with Gasteiger partial charge in [0.2, 0.25) is 5.91 Å². The summed E-state index contributed by atoms with van der Waals surface area (Å²) < 4.78 is 1.38. The maximum atomic E-state index is 12.3. The molecule has 0 aromatic carbocycles. The van der Waals surface area contributed by atoms with E-state index in [9.17, 15) is 9.59 Å². The molecule has 112 valence electrons. The fourth-order valence-corrected chi connectivity index (χ4v) is 5.03. The van der Waals surface area contributed by atoms with Gasteiger partial charge in [0, 0.05) is 12.2 Å². The quantitative estimate of drug-likeness (QED) is 0.870. The summed E-state index contributed by atoms with van der Waals surface area (Å²) in [5, 5.41) is 3.19. The van der Waals surface area contributed by atoms with Crippen molar-refractivity contribution in [1.82, 2.24) is 9.88 Å². The lowest BCUT2D eigenvalue weighted by Gasteiger charge is -2.32. The molecule has 4 aliphatic rings. The second-order valence-corrected chi connectivity index (χ2v) is 6.98. The van der Waals surface area contributed by atoms with E-state index in [0.29, 0.717) is 17.9 Å². The molecular weight excluding hydrogens is 266 g/mol. The number of nitrogens with two attached hydrogens (primary N) is 1. The molecule has 4 bridgehead atoms. The van der Waals surface area contributed by atoms with Crippen LogP contribution < -0.4 is 16.6 Å². The molecule has 5 atom stereocenters. The lowest BCUT2D eigenvalue weighted by Crippen LogP contribution is -2.46. The molecule has 0 saturated heterocycles. The molecule has 0 aliphatic heterocycles. The summed E-state index contributed by atoms with van der Waals surface area (Å²) in [5.74, 6) is 3.01. The number of rotatable bonds is 3. The highest BCUT2D eigenvalue weighted by atomic mass is 16.2. The Labute approximate surface area is 123 Å². The van der Waals surface area contributed by atoms with Crippen LogP contribution in [-0.4, -0.2) is 16.5 Å². The predicted octanol–water partition coefficient (Wildman–Crippen LogP) is 0.981. The summed E-state index contributed by atoms with van der Waals surface area (Å²) in [6, 6.07) is 3.59. The van der Waals surface area contributed by atoms with Gasteiger partial charge in [-0.3, -0.25) is 9.59 Å². The molecule has 1 aromatic rings. The third-order valence-electron chi connectivity index (χ3n) is 5.75. The van der Waals surface area contributed by atoms with Gasteiger partial charge in [0.05, 0.1) is 5.69 Å². The first kappa shape index (κ1) is 12.9. The van der Waals surface area contributed by atoms with Crippen LogP contribution in [0.2, 0.25) is 0 Å². The van der Waals surface area contributed by atoms with E-state index in [2.05, 4.69) is 5.32 Å². The van der Waals surface area contributed by atoms with Gasteiger partial charge in [0.15, 0.2) is 0 Å². The van der Waals surface area contributed by atoms with Gasteiger partial charge in [-0.05, 0) is 61.5 Å². The Hall–Kier alpha value is -1.78. The average Bonchev–Trinajstić information content (AvgIpc) is 2.86. The topological polar surface area (TPSA) is 77.1 Å². The molecule has 5 unspecified atom stereocenters. The molecule has 0 radical (unpaired) electrons. The van der Waals surface area contributed by atoms with Gasteiger partial charge in [0.1, 0.15) is 6.54 Å². The summed E-state index contributed by atoms with van der Waals surface area (Å²) >= 11 is 0. The number of hydrogen-bond donors (Lipinski definition) is 2. The van der Waals surface area contributed by atoms with Crippen LogP contribution in [0.25, 0.3) is 0 Å². The van der Waals surface area contributed by atoms with Crippen LogP contribution in [0.1, 0.15) is 25.7 Å². The number of nitrogens with zero attached hydrogens (tertiary/aromatic N) is 1. The Bertz CT molecular complexity index is 635. The van der Waals surface area contributed by atoms with Gasteiger partial charge in [-0.25, -0.2) is 0 Å². The van der Waals surface area contributed by atoms with Gasteiger partial charge in [0.25, 0.3) is 5.56 Å². The lowest BCUT2D eigenvalue weighted by atomic mass is 9.79. The normalized spacial score (nSPS) is 36.1. The number of amides is 1. The third-order valence-corrected chi connectivity index (χ3v) is 5.75. The van der Waals surface area contributed by atoms with E-state index >= 15 is 0 Å². The van der Waals surface area contributed by atoms with E-state index < -0.39 is 0 Å². The molecule has 3 N–H and O–H groups in total. The van der Waals surface area contributed by atoms with E-state index in [1.54, 1.807) is 18.3 Å². The predicted molar refractivity (Wildman–Crippen MR) is 79.5 cm³/mol. The molecule has 1 aromatic heterocycles. The van der Waals surface area contributed by atoms with E-state index in [4.69, 9.17) is 5.73 Å². The summed E-state index contributed by atoms with van der Waals surface area (Å²) in [4.78, 5) is 24.1. The summed E-state index contributed by atoms with van der Waals surface area (Å²) in [7, 11) is 0. The molecular formula is C16H21N3O2. The molecule has 1 amide bonds. The van der Waals surface area contributed by atoms with Crippen molar-refractivity contribution in [3.8, 4) is 0 Å². The van der Waals surface area contributed by atoms with Crippen LogP contribution in [0.15, 0.2) is 23.1 Å². The third kappa shape index (κ3) is 2.06. The number of carbonyl (C=O) groups is 1. The van der Waals surface area contributed by atoms with E-state index in [0.717, 1.165) is 11.8 Å². The minimum absolute atomic E-state index is 0.0634. The summed E-state index contributed by atoms with van der Waals surface area (Å²) in [5.41, 5.74) is 5.49. The van der Waals surface area contributed by atoms with Crippen molar-refractivity contribution in [2.45, 2.75) is 38.3 Å². The Morgan fingerprint density at radius 3 is 2.90 bits per heavy atom. The maximum Gasteiger partial charge on any atom is 0.274 e. The number of hydrogen-bond acceptors (Lipinski definition) is 3.